The molecule has 1 saturated heterocycles. The van der Waals surface area contributed by atoms with Crippen LogP contribution in [-0.4, -0.2) is 38.1 Å². The van der Waals surface area contributed by atoms with Crippen LogP contribution in [0, 0.1) is 0 Å². The van der Waals surface area contributed by atoms with Crippen molar-refractivity contribution in [3.63, 3.8) is 0 Å². The molecule has 1 fully saturated rings. The van der Waals surface area contributed by atoms with E-state index in [1.807, 2.05) is 55.5 Å². The first-order valence-electron chi connectivity index (χ1n) is 9.42. The van der Waals surface area contributed by atoms with Gasteiger partial charge in [-0.05, 0) is 50.1 Å². The van der Waals surface area contributed by atoms with Gasteiger partial charge in [-0.3, -0.25) is 9.69 Å². The summed E-state index contributed by atoms with van der Waals surface area (Å²) < 4.78 is 10.9. The Labute approximate surface area is 161 Å². The Balaban J connectivity index is 1.69. The third-order valence-corrected chi connectivity index (χ3v) is 5.18. The van der Waals surface area contributed by atoms with Gasteiger partial charge < -0.3 is 14.8 Å². The van der Waals surface area contributed by atoms with Crippen LogP contribution in [0.5, 0.6) is 11.5 Å². The minimum atomic E-state index is -0.00823. The van der Waals surface area contributed by atoms with E-state index in [1.54, 1.807) is 14.2 Å². The third-order valence-electron chi connectivity index (χ3n) is 5.18. The maximum atomic E-state index is 12.6. The van der Waals surface area contributed by atoms with Crippen LogP contribution < -0.4 is 14.8 Å². The van der Waals surface area contributed by atoms with Gasteiger partial charge in [0.15, 0.2) is 0 Å². The zero-order valence-corrected chi connectivity index (χ0v) is 16.3. The van der Waals surface area contributed by atoms with Crippen LogP contribution in [0.3, 0.4) is 0 Å². The van der Waals surface area contributed by atoms with Gasteiger partial charge in [0, 0.05) is 11.6 Å². The number of ether oxygens (including phenoxy) is 2. The number of benzene rings is 2. The van der Waals surface area contributed by atoms with E-state index in [0.717, 1.165) is 42.0 Å². The van der Waals surface area contributed by atoms with Crippen molar-refractivity contribution in [1.82, 2.24) is 10.2 Å². The Kier molecular flexibility index (Phi) is 6.35. The van der Waals surface area contributed by atoms with Crippen molar-refractivity contribution < 1.29 is 14.3 Å². The molecular weight excluding hydrogens is 340 g/mol. The van der Waals surface area contributed by atoms with E-state index in [9.17, 15) is 4.79 Å². The number of rotatable bonds is 7. The van der Waals surface area contributed by atoms with Crippen LogP contribution in [0.1, 0.15) is 43.0 Å². The lowest BCUT2D eigenvalue weighted by molar-refractivity contribution is -0.123. The second-order valence-corrected chi connectivity index (χ2v) is 6.94. The van der Waals surface area contributed by atoms with E-state index >= 15 is 0 Å². The minimum Gasteiger partial charge on any atom is -0.497 e. The maximum absolute atomic E-state index is 12.6. The van der Waals surface area contributed by atoms with Crippen LogP contribution >= 0.6 is 0 Å². The molecule has 0 unspecified atom stereocenters. The van der Waals surface area contributed by atoms with Gasteiger partial charge >= 0.3 is 0 Å². The molecule has 0 bridgehead atoms. The molecule has 27 heavy (non-hydrogen) atoms. The van der Waals surface area contributed by atoms with E-state index in [4.69, 9.17) is 9.47 Å². The van der Waals surface area contributed by atoms with Crippen molar-refractivity contribution in [2.45, 2.75) is 31.8 Å². The Morgan fingerprint density at radius 3 is 2.67 bits per heavy atom. The highest BCUT2D eigenvalue weighted by Gasteiger charge is 2.30. The maximum Gasteiger partial charge on any atom is 0.234 e. The summed E-state index contributed by atoms with van der Waals surface area (Å²) in [6, 6.07) is 16.0. The molecule has 2 aromatic carbocycles. The lowest BCUT2D eigenvalue weighted by Gasteiger charge is -2.26. The van der Waals surface area contributed by atoms with Gasteiger partial charge in [0.05, 0.1) is 26.8 Å². The van der Waals surface area contributed by atoms with E-state index in [1.165, 1.54) is 0 Å². The Hall–Kier alpha value is -2.53. The first-order valence-corrected chi connectivity index (χ1v) is 9.42. The van der Waals surface area contributed by atoms with Crippen LogP contribution in [0.25, 0.3) is 0 Å². The zero-order valence-electron chi connectivity index (χ0n) is 16.3. The molecule has 0 aliphatic carbocycles. The number of carbonyl (C=O) groups excluding carboxylic acids is 1. The molecule has 5 heteroatoms. The Bertz CT molecular complexity index is 763. The smallest absolute Gasteiger partial charge is 0.234 e. The highest BCUT2D eigenvalue weighted by atomic mass is 16.5. The first-order chi connectivity index (χ1) is 13.1. The summed E-state index contributed by atoms with van der Waals surface area (Å²) in [6.07, 6.45) is 2.07. The highest BCUT2D eigenvalue weighted by molar-refractivity contribution is 5.78. The molecule has 0 spiro atoms. The quantitative estimate of drug-likeness (QED) is 0.809. The fourth-order valence-corrected chi connectivity index (χ4v) is 3.76. The molecule has 1 amide bonds. The average Bonchev–Trinajstić information content (AvgIpc) is 3.15. The van der Waals surface area contributed by atoms with E-state index in [2.05, 4.69) is 10.2 Å². The topological polar surface area (TPSA) is 50.8 Å². The van der Waals surface area contributed by atoms with E-state index < -0.39 is 0 Å². The number of carbonyl (C=O) groups is 1. The van der Waals surface area contributed by atoms with E-state index in [0.29, 0.717) is 6.54 Å². The van der Waals surface area contributed by atoms with Crippen molar-refractivity contribution >= 4 is 5.91 Å². The Morgan fingerprint density at radius 2 is 1.96 bits per heavy atom. The molecule has 5 nitrogen and oxygen atoms in total. The number of hydrogen-bond acceptors (Lipinski definition) is 4. The summed E-state index contributed by atoms with van der Waals surface area (Å²) in [4.78, 5) is 14.9. The monoisotopic (exact) mass is 368 g/mol. The molecule has 2 atom stereocenters. The second kappa shape index (κ2) is 8.91. The van der Waals surface area contributed by atoms with Gasteiger partial charge in [-0.2, -0.15) is 0 Å². The lowest BCUT2D eigenvalue weighted by atomic mass is 10.0. The largest absolute Gasteiger partial charge is 0.497 e. The molecule has 3 rings (SSSR count). The molecule has 0 aromatic heterocycles. The molecule has 0 radical (unpaired) electrons. The fraction of sp³-hybridized carbons (Fsp3) is 0.409. The van der Waals surface area contributed by atoms with Gasteiger partial charge in [0.1, 0.15) is 11.5 Å². The van der Waals surface area contributed by atoms with Crippen molar-refractivity contribution in [3.05, 3.63) is 59.7 Å². The zero-order chi connectivity index (χ0) is 19.2. The summed E-state index contributed by atoms with van der Waals surface area (Å²) in [5.41, 5.74) is 2.19. The molecule has 1 aliphatic rings. The van der Waals surface area contributed by atoms with Crippen molar-refractivity contribution in [2.75, 3.05) is 27.3 Å². The van der Waals surface area contributed by atoms with Crippen LogP contribution in [0.4, 0.5) is 0 Å². The summed E-state index contributed by atoms with van der Waals surface area (Å²) in [7, 11) is 3.34. The SMILES string of the molecule is COc1ccc(OC)c([C@H]2CCCN2CC(=O)N[C@H](C)c2ccccc2)c1. The van der Waals surface area contributed by atoms with Crippen LogP contribution in [-0.2, 0) is 4.79 Å². The number of methoxy groups -OCH3 is 2. The van der Waals surface area contributed by atoms with Gasteiger partial charge in [-0.1, -0.05) is 30.3 Å². The summed E-state index contributed by atoms with van der Waals surface area (Å²) in [6.45, 7) is 3.29. The molecular formula is C22H28N2O3. The van der Waals surface area contributed by atoms with Gasteiger partial charge in [0.2, 0.25) is 5.91 Å². The number of likely N-dealkylation sites (tertiary alicyclic amines) is 1. The van der Waals surface area contributed by atoms with Crippen LogP contribution in [0.2, 0.25) is 0 Å². The van der Waals surface area contributed by atoms with Gasteiger partial charge in [0.25, 0.3) is 0 Å². The molecule has 2 aromatic rings. The van der Waals surface area contributed by atoms with E-state index in [-0.39, 0.29) is 18.0 Å². The van der Waals surface area contributed by atoms with Crippen LogP contribution in [0.15, 0.2) is 48.5 Å². The summed E-state index contributed by atoms with van der Waals surface area (Å²) in [5, 5.41) is 3.11. The molecule has 0 saturated carbocycles. The number of amides is 1. The first kappa shape index (κ1) is 19.2. The lowest BCUT2D eigenvalue weighted by Crippen LogP contribution is -2.38. The Morgan fingerprint density at radius 1 is 1.19 bits per heavy atom. The molecule has 1 N–H and O–H groups in total. The molecule has 1 aliphatic heterocycles. The predicted molar refractivity (Wildman–Crippen MR) is 106 cm³/mol. The van der Waals surface area contributed by atoms with Crippen molar-refractivity contribution in [2.24, 2.45) is 0 Å². The standard InChI is InChI=1S/C22H28N2O3/c1-16(17-8-5-4-6-9-17)23-22(25)15-24-13-7-10-20(24)19-14-18(26-2)11-12-21(19)27-3/h4-6,8-9,11-12,14,16,20H,7,10,13,15H2,1-3H3,(H,23,25)/t16-,20-/m1/s1. The van der Waals surface area contributed by atoms with Crippen molar-refractivity contribution in [3.8, 4) is 11.5 Å². The number of nitrogens with one attached hydrogen (secondary N) is 1. The minimum absolute atomic E-state index is 0.00823. The normalized spacial score (nSPS) is 18.1. The number of hydrogen-bond donors (Lipinski definition) is 1. The van der Waals surface area contributed by atoms with Gasteiger partial charge in [-0.25, -0.2) is 0 Å². The molecule has 1 heterocycles. The summed E-state index contributed by atoms with van der Waals surface area (Å²) in [5.74, 6) is 1.69. The van der Waals surface area contributed by atoms with Gasteiger partial charge in [-0.15, -0.1) is 0 Å². The summed E-state index contributed by atoms with van der Waals surface area (Å²) >= 11 is 0. The fourth-order valence-electron chi connectivity index (χ4n) is 3.76. The highest BCUT2D eigenvalue weighted by Crippen LogP contribution is 2.38. The molecule has 144 valence electrons. The second-order valence-electron chi connectivity index (χ2n) is 6.94. The number of nitrogens with zero attached hydrogens (tertiary/aromatic N) is 1. The van der Waals surface area contributed by atoms with Crippen molar-refractivity contribution in [1.29, 1.82) is 0 Å². The predicted octanol–water partition coefficient (Wildman–Crippen LogP) is 3.72. The third kappa shape index (κ3) is 4.61. The average molecular weight is 368 g/mol.